The summed E-state index contributed by atoms with van der Waals surface area (Å²) in [4.78, 5) is 20.2. The Morgan fingerprint density at radius 1 is 1.27 bits per heavy atom. The molecule has 0 radical (unpaired) electrons. The topological polar surface area (TPSA) is 85.0 Å². The average Bonchev–Trinajstić information content (AvgIpc) is 3.34. The number of benzene rings is 1. The summed E-state index contributed by atoms with van der Waals surface area (Å²) in [5, 5.41) is 11.0. The van der Waals surface area contributed by atoms with E-state index in [-0.39, 0.29) is 5.82 Å². The van der Waals surface area contributed by atoms with Gasteiger partial charge in [0.1, 0.15) is 18.1 Å². The first-order valence-electron chi connectivity index (χ1n) is 9.45. The maximum absolute atomic E-state index is 14.6. The second kappa shape index (κ2) is 7.18. The standard InChI is InChI=1S/C21H17FN6O2/c1-13(25-27-7-8-30-21(27)29)18-4-5-20-24-12-16(28(20)26-18)10-15-9-14-3-2-6-23-19(14)11-17(15)22/h2-6,9,11-12H,7-8,10H2,1H3/b25-13+. The number of hydrogen-bond donors (Lipinski definition) is 0. The molecular weight excluding hydrogens is 387 g/mol. The van der Waals surface area contributed by atoms with E-state index < -0.39 is 6.09 Å². The lowest BCUT2D eigenvalue weighted by Crippen LogP contribution is -2.20. The molecule has 1 saturated heterocycles. The number of carbonyl (C=O) groups excluding carboxylic acids is 1. The van der Waals surface area contributed by atoms with Gasteiger partial charge in [-0.05, 0) is 36.8 Å². The molecule has 3 aromatic heterocycles. The molecule has 0 bridgehead atoms. The number of pyridine rings is 1. The monoisotopic (exact) mass is 404 g/mol. The smallest absolute Gasteiger partial charge is 0.430 e. The molecule has 4 heterocycles. The fourth-order valence-corrected chi connectivity index (χ4v) is 3.42. The van der Waals surface area contributed by atoms with Gasteiger partial charge in [0.15, 0.2) is 5.65 Å². The van der Waals surface area contributed by atoms with Gasteiger partial charge < -0.3 is 4.74 Å². The van der Waals surface area contributed by atoms with E-state index in [1.165, 1.54) is 11.1 Å². The van der Waals surface area contributed by atoms with Gasteiger partial charge in [-0.25, -0.2) is 18.7 Å². The van der Waals surface area contributed by atoms with Gasteiger partial charge in [-0.3, -0.25) is 4.98 Å². The Hall–Kier alpha value is -3.88. The third-order valence-electron chi connectivity index (χ3n) is 4.96. The van der Waals surface area contributed by atoms with Gasteiger partial charge in [-0.15, -0.1) is 0 Å². The number of carbonyl (C=O) groups is 1. The molecule has 0 N–H and O–H groups in total. The molecule has 8 nitrogen and oxygen atoms in total. The Kier molecular flexibility index (Phi) is 4.35. The highest BCUT2D eigenvalue weighted by atomic mass is 19.1. The summed E-state index contributed by atoms with van der Waals surface area (Å²) in [7, 11) is 0. The predicted molar refractivity (Wildman–Crippen MR) is 108 cm³/mol. The Labute approximate surface area is 170 Å². The van der Waals surface area contributed by atoms with Crippen molar-refractivity contribution in [1.82, 2.24) is 24.6 Å². The fourth-order valence-electron chi connectivity index (χ4n) is 3.42. The zero-order valence-electron chi connectivity index (χ0n) is 16.1. The van der Waals surface area contributed by atoms with E-state index in [0.29, 0.717) is 47.7 Å². The lowest BCUT2D eigenvalue weighted by molar-refractivity contribution is 0.159. The van der Waals surface area contributed by atoms with E-state index in [0.717, 1.165) is 11.1 Å². The first-order valence-corrected chi connectivity index (χ1v) is 9.45. The zero-order valence-corrected chi connectivity index (χ0v) is 16.1. The first kappa shape index (κ1) is 18.2. The molecule has 150 valence electrons. The number of ether oxygens (including phenoxy) is 1. The molecule has 1 aliphatic heterocycles. The minimum absolute atomic E-state index is 0.320. The van der Waals surface area contributed by atoms with Crippen LogP contribution in [0.5, 0.6) is 0 Å². The number of aromatic nitrogens is 4. The van der Waals surface area contributed by atoms with E-state index in [9.17, 15) is 9.18 Å². The Balaban J connectivity index is 1.50. The van der Waals surface area contributed by atoms with E-state index in [4.69, 9.17) is 4.74 Å². The van der Waals surface area contributed by atoms with Gasteiger partial charge >= 0.3 is 6.09 Å². The third kappa shape index (κ3) is 3.24. The SMILES string of the molecule is C/C(=N\N1CCOC1=O)c1ccc2ncc(Cc3cc4cccnc4cc3F)n2n1. The van der Waals surface area contributed by atoms with Gasteiger partial charge in [-0.2, -0.15) is 15.2 Å². The van der Waals surface area contributed by atoms with Crippen LogP contribution in [0.25, 0.3) is 16.6 Å². The van der Waals surface area contributed by atoms with Crippen LogP contribution in [0.3, 0.4) is 0 Å². The van der Waals surface area contributed by atoms with E-state index in [1.54, 1.807) is 36.0 Å². The summed E-state index contributed by atoms with van der Waals surface area (Å²) in [5.74, 6) is -0.322. The molecule has 1 aromatic carbocycles. The van der Waals surface area contributed by atoms with Gasteiger partial charge in [0.2, 0.25) is 0 Å². The largest absolute Gasteiger partial charge is 0.446 e. The number of fused-ring (bicyclic) bond motifs is 2. The molecule has 1 fully saturated rings. The van der Waals surface area contributed by atoms with Crippen molar-refractivity contribution in [2.75, 3.05) is 13.2 Å². The van der Waals surface area contributed by atoms with Crippen molar-refractivity contribution in [3.05, 3.63) is 71.6 Å². The van der Waals surface area contributed by atoms with Crippen molar-refractivity contribution in [3.8, 4) is 0 Å². The van der Waals surface area contributed by atoms with Crippen LogP contribution >= 0.6 is 0 Å². The van der Waals surface area contributed by atoms with Crippen molar-refractivity contribution >= 4 is 28.4 Å². The Bertz CT molecular complexity index is 1320. The minimum Gasteiger partial charge on any atom is -0.446 e. The summed E-state index contributed by atoms with van der Waals surface area (Å²) in [5.41, 5.74) is 3.69. The van der Waals surface area contributed by atoms with Crippen LogP contribution in [0.15, 0.2) is 53.9 Å². The lowest BCUT2D eigenvalue weighted by Gasteiger charge is -2.09. The van der Waals surface area contributed by atoms with Gasteiger partial charge in [-0.1, -0.05) is 6.07 Å². The molecule has 1 aliphatic rings. The number of hydrogen-bond acceptors (Lipinski definition) is 6. The van der Waals surface area contributed by atoms with Crippen LogP contribution in [-0.2, 0) is 11.2 Å². The second-order valence-corrected chi connectivity index (χ2v) is 6.98. The van der Waals surface area contributed by atoms with Crippen LogP contribution in [0.4, 0.5) is 9.18 Å². The third-order valence-corrected chi connectivity index (χ3v) is 4.96. The molecular formula is C21H17FN6O2. The summed E-state index contributed by atoms with van der Waals surface area (Å²) in [6.45, 7) is 2.50. The molecule has 1 amide bonds. The number of halogens is 1. The van der Waals surface area contributed by atoms with Gasteiger partial charge in [0.25, 0.3) is 0 Å². The quantitative estimate of drug-likeness (QED) is 0.488. The van der Waals surface area contributed by atoms with Crippen molar-refractivity contribution < 1.29 is 13.9 Å². The van der Waals surface area contributed by atoms with Crippen molar-refractivity contribution in [2.24, 2.45) is 5.10 Å². The number of amides is 1. The van der Waals surface area contributed by atoms with Crippen molar-refractivity contribution in [1.29, 1.82) is 0 Å². The average molecular weight is 404 g/mol. The van der Waals surface area contributed by atoms with Crippen molar-refractivity contribution in [2.45, 2.75) is 13.3 Å². The van der Waals surface area contributed by atoms with Crippen LogP contribution in [0, 0.1) is 5.82 Å². The molecule has 4 aromatic rings. The van der Waals surface area contributed by atoms with E-state index in [2.05, 4.69) is 20.2 Å². The maximum Gasteiger partial charge on any atom is 0.430 e. The molecule has 5 rings (SSSR count). The van der Waals surface area contributed by atoms with E-state index in [1.807, 2.05) is 18.2 Å². The normalized spacial score (nSPS) is 14.7. The minimum atomic E-state index is -0.472. The van der Waals surface area contributed by atoms with Crippen molar-refractivity contribution in [3.63, 3.8) is 0 Å². The highest BCUT2D eigenvalue weighted by molar-refractivity contribution is 5.97. The molecule has 30 heavy (non-hydrogen) atoms. The maximum atomic E-state index is 14.6. The highest BCUT2D eigenvalue weighted by Gasteiger charge is 2.22. The Morgan fingerprint density at radius 3 is 3.00 bits per heavy atom. The number of cyclic esters (lactones) is 1. The Morgan fingerprint density at radius 2 is 2.17 bits per heavy atom. The lowest BCUT2D eigenvalue weighted by atomic mass is 10.1. The van der Waals surface area contributed by atoms with Gasteiger partial charge in [0, 0.05) is 24.1 Å². The van der Waals surface area contributed by atoms with Crippen LogP contribution < -0.4 is 0 Å². The van der Waals surface area contributed by atoms with Crippen LogP contribution in [0.1, 0.15) is 23.9 Å². The fraction of sp³-hybridized carbons (Fsp3) is 0.190. The summed E-state index contributed by atoms with van der Waals surface area (Å²) in [6.07, 6.45) is 3.18. The predicted octanol–water partition coefficient (Wildman–Crippen LogP) is 3.18. The number of hydrazone groups is 1. The molecule has 0 spiro atoms. The zero-order chi connectivity index (χ0) is 20.7. The summed E-state index contributed by atoms with van der Waals surface area (Å²) < 4.78 is 21.2. The molecule has 9 heteroatoms. The summed E-state index contributed by atoms with van der Waals surface area (Å²) in [6, 6.07) is 10.6. The van der Waals surface area contributed by atoms with Crippen LogP contribution in [0.2, 0.25) is 0 Å². The highest BCUT2D eigenvalue weighted by Crippen LogP contribution is 2.20. The second-order valence-electron chi connectivity index (χ2n) is 6.98. The number of imidazole rings is 1. The van der Waals surface area contributed by atoms with E-state index >= 15 is 0 Å². The number of rotatable bonds is 4. The van der Waals surface area contributed by atoms with Gasteiger partial charge in [0.05, 0.1) is 29.7 Å². The molecule has 0 saturated carbocycles. The summed E-state index contributed by atoms with van der Waals surface area (Å²) >= 11 is 0. The molecule has 0 unspecified atom stereocenters. The first-order chi connectivity index (χ1) is 14.6. The molecule has 0 aliphatic carbocycles. The van der Waals surface area contributed by atoms with Crippen LogP contribution in [-0.4, -0.2) is 49.5 Å². The number of nitrogens with zero attached hydrogens (tertiary/aromatic N) is 6. The molecule has 0 atom stereocenters.